The summed E-state index contributed by atoms with van der Waals surface area (Å²) in [5.74, 6) is -1.08. The number of amides is 1. The van der Waals surface area contributed by atoms with Crippen LogP contribution in [0.1, 0.15) is 19.4 Å². The zero-order valence-electron chi connectivity index (χ0n) is 12.5. The number of nitrogens with two attached hydrogens (primary N) is 1. The normalized spacial score (nSPS) is 14.5. The summed E-state index contributed by atoms with van der Waals surface area (Å²) in [4.78, 5) is 12.3. The molecule has 2 unspecified atom stereocenters. The number of ether oxygens (including phenoxy) is 1. The minimum atomic E-state index is -0.707. The van der Waals surface area contributed by atoms with Crippen molar-refractivity contribution in [2.45, 2.75) is 26.3 Å². The molecule has 0 bridgehead atoms. The molecule has 0 saturated carbocycles. The van der Waals surface area contributed by atoms with Gasteiger partial charge in [-0.3, -0.25) is 4.79 Å². The first kappa shape index (κ1) is 17.0. The number of hydrogen-bond donors (Lipinski definition) is 3. The Balaban J connectivity index is 2.71. The van der Waals surface area contributed by atoms with Crippen molar-refractivity contribution in [1.29, 1.82) is 0 Å². The highest BCUT2D eigenvalue weighted by molar-refractivity contribution is 6.02. The average molecular weight is 293 g/mol. The number of nitrogens with zero attached hydrogens (tertiary/aromatic N) is 1. The zero-order chi connectivity index (χ0) is 15.7. The average Bonchev–Trinajstić information content (AvgIpc) is 2.50. The predicted molar refractivity (Wildman–Crippen MR) is 81.1 cm³/mol. The maximum absolute atomic E-state index is 12.3. The van der Waals surface area contributed by atoms with E-state index in [0.717, 1.165) is 5.56 Å². The first-order valence-corrected chi connectivity index (χ1v) is 6.97. The topological polar surface area (TPSA) is 96.9 Å². The van der Waals surface area contributed by atoms with Crippen molar-refractivity contribution in [2.24, 2.45) is 16.8 Å². The van der Waals surface area contributed by atoms with E-state index < -0.39 is 5.92 Å². The number of benzene rings is 1. The molecule has 0 heterocycles. The molecule has 0 aromatic heterocycles. The Hall–Kier alpha value is -2.08. The van der Waals surface area contributed by atoms with Crippen molar-refractivity contribution in [3.63, 3.8) is 0 Å². The lowest BCUT2D eigenvalue weighted by atomic mass is 9.97. The van der Waals surface area contributed by atoms with Crippen LogP contribution in [0.2, 0.25) is 0 Å². The van der Waals surface area contributed by atoms with Gasteiger partial charge in [-0.2, -0.15) is 0 Å². The largest absolute Gasteiger partial charge is 0.409 e. The molecule has 2 atom stereocenters. The van der Waals surface area contributed by atoms with Gasteiger partial charge in [0.25, 0.3) is 0 Å². The minimum absolute atomic E-state index is 0.0973. The van der Waals surface area contributed by atoms with Crippen LogP contribution >= 0.6 is 0 Å². The van der Waals surface area contributed by atoms with Crippen LogP contribution in [0.4, 0.5) is 0 Å². The van der Waals surface area contributed by atoms with Crippen molar-refractivity contribution < 1.29 is 14.7 Å². The third kappa shape index (κ3) is 5.83. The molecular formula is C15H23N3O3. The smallest absolute Gasteiger partial charge is 0.231 e. The van der Waals surface area contributed by atoms with Crippen LogP contribution < -0.4 is 11.1 Å². The molecule has 116 valence electrons. The van der Waals surface area contributed by atoms with E-state index in [1.54, 1.807) is 0 Å². The van der Waals surface area contributed by atoms with Gasteiger partial charge in [-0.1, -0.05) is 35.5 Å². The number of amidine groups is 1. The SMILES string of the molecule is CCOCC(C)NC(=O)C(Cc1ccccc1)C(N)=NO. The first-order valence-electron chi connectivity index (χ1n) is 6.97. The van der Waals surface area contributed by atoms with Gasteiger partial charge in [-0.25, -0.2) is 0 Å². The predicted octanol–water partition coefficient (Wildman–Crippen LogP) is 1.13. The summed E-state index contributed by atoms with van der Waals surface area (Å²) in [5, 5.41) is 14.7. The summed E-state index contributed by atoms with van der Waals surface area (Å²) in [6.45, 7) is 4.76. The number of nitrogens with one attached hydrogen (secondary N) is 1. The van der Waals surface area contributed by atoms with E-state index in [1.165, 1.54) is 0 Å². The third-order valence-corrected chi connectivity index (χ3v) is 3.03. The Kier molecular flexibility index (Phi) is 7.25. The lowest BCUT2D eigenvalue weighted by Gasteiger charge is -2.19. The van der Waals surface area contributed by atoms with Gasteiger partial charge >= 0.3 is 0 Å². The first-order chi connectivity index (χ1) is 10.1. The van der Waals surface area contributed by atoms with Crippen molar-refractivity contribution in [1.82, 2.24) is 5.32 Å². The number of rotatable bonds is 8. The van der Waals surface area contributed by atoms with Gasteiger partial charge in [0.2, 0.25) is 5.91 Å². The van der Waals surface area contributed by atoms with Crippen molar-refractivity contribution in [3.8, 4) is 0 Å². The van der Waals surface area contributed by atoms with Crippen molar-refractivity contribution >= 4 is 11.7 Å². The fourth-order valence-electron chi connectivity index (χ4n) is 1.93. The second kappa shape index (κ2) is 8.97. The van der Waals surface area contributed by atoms with Crippen LogP contribution in [0.3, 0.4) is 0 Å². The molecule has 0 radical (unpaired) electrons. The minimum Gasteiger partial charge on any atom is -0.409 e. The molecule has 0 aliphatic heterocycles. The molecule has 0 aliphatic rings. The van der Waals surface area contributed by atoms with Crippen LogP contribution in [0, 0.1) is 5.92 Å². The molecule has 1 aromatic rings. The highest BCUT2D eigenvalue weighted by atomic mass is 16.5. The number of oxime groups is 1. The molecule has 0 spiro atoms. The van der Waals surface area contributed by atoms with Gasteiger partial charge in [0, 0.05) is 12.6 Å². The molecule has 6 heteroatoms. The van der Waals surface area contributed by atoms with E-state index in [0.29, 0.717) is 19.6 Å². The molecule has 4 N–H and O–H groups in total. The fourth-order valence-corrected chi connectivity index (χ4v) is 1.93. The van der Waals surface area contributed by atoms with Gasteiger partial charge in [-0.15, -0.1) is 0 Å². The van der Waals surface area contributed by atoms with Gasteiger partial charge in [0.1, 0.15) is 5.92 Å². The molecule has 21 heavy (non-hydrogen) atoms. The summed E-state index contributed by atoms with van der Waals surface area (Å²) in [7, 11) is 0. The Morgan fingerprint density at radius 3 is 2.67 bits per heavy atom. The molecule has 6 nitrogen and oxygen atoms in total. The molecular weight excluding hydrogens is 270 g/mol. The van der Waals surface area contributed by atoms with Gasteiger partial charge in [-0.05, 0) is 25.8 Å². The van der Waals surface area contributed by atoms with Crippen LogP contribution in [0.25, 0.3) is 0 Å². The highest BCUT2D eigenvalue weighted by Crippen LogP contribution is 2.10. The summed E-state index contributed by atoms with van der Waals surface area (Å²) in [6.07, 6.45) is 0.379. The van der Waals surface area contributed by atoms with E-state index in [2.05, 4.69) is 10.5 Å². The molecule has 0 aliphatic carbocycles. The molecule has 1 rings (SSSR count). The molecule has 0 fully saturated rings. The van der Waals surface area contributed by atoms with Gasteiger partial charge < -0.3 is 21.0 Å². The standard InChI is InChI=1S/C15H23N3O3/c1-3-21-10-11(2)17-15(19)13(14(16)18-20)9-12-7-5-4-6-8-12/h4-8,11,13,20H,3,9-10H2,1-2H3,(H2,16,18)(H,17,19). The summed E-state index contributed by atoms with van der Waals surface area (Å²) < 4.78 is 5.26. The number of carbonyl (C=O) groups is 1. The van der Waals surface area contributed by atoms with E-state index in [4.69, 9.17) is 15.7 Å². The van der Waals surface area contributed by atoms with Crippen molar-refractivity contribution in [2.75, 3.05) is 13.2 Å². The van der Waals surface area contributed by atoms with Crippen LogP contribution in [-0.2, 0) is 16.0 Å². The molecule has 1 aromatic carbocycles. The van der Waals surface area contributed by atoms with E-state index in [9.17, 15) is 4.79 Å². The lowest BCUT2D eigenvalue weighted by molar-refractivity contribution is -0.124. The number of carbonyl (C=O) groups excluding carboxylic acids is 1. The van der Waals surface area contributed by atoms with Crippen molar-refractivity contribution in [3.05, 3.63) is 35.9 Å². The van der Waals surface area contributed by atoms with E-state index in [1.807, 2.05) is 44.2 Å². The Labute approximate surface area is 125 Å². The molecule has 0 saturated heterocycles. The van der Waals surface area contributed by atoms with Gasteiger partial charge in [0.05, 0.1) is 6.61 Å². The van der Waals surface area contributed by atoms with E-state index >= 15 is 0 Å². The zero-order valence-corrected chi connectivity index (χ0v) is 12.5. The molecule has 1 amide bonds. The third-order valence-electron chi connectivity index (χ3n) is 3.03. The summed E-state index contributed by atoms with van der Waals surface area (Å²) >= 11 is 0. The maximum Gasteiger partial charge on any atom is 0.231 e. The van der Waals surface area contributed by atoms with E-state index in [-0.39, 0.29) is 17.8 Å². The second-order valence-corrected chi connectivity index (χ2v) is 4.84. The summed E-state index contributed by atoms with van der Waals surface area (Å²) in [6, 6.07) is 9.32. The summed E-state index contributed by atoms with van der Waals surface area (Å²) in [5.41, 5.74) is 6.60. The highest BCUT2D eigenvalue weighted by Gasteiger charge is 2.24. The van der Waals surface area contributed by atoms with Crippen LogP contribution in [0.15, 0.2) is 35.5 Å². The van der Waals surface area contributed by atoms with Crippen LogP contribution in [0.5, 0.6) is 0 Å². The Bertz CT molecular complexity index is 462. The Morgan fingerprint density at radius 1 is 1.43 bits per heavy atom. The van der Waals surface area contributed by atoms with Crippen LogP contribution in [-0.4, -0.2) is 36.2 Å². The maximum atomic E-state index is 12.3. The fraction of sp³-hybridized carbons (Fsp3) is 0.467. The second-order valence-electron chi connectivity index (χ2n) is 4.84. The van der Waals surface area contributed by atoms with Gasteiger partial charge in [0.15, 0.2) is 5.84 Å². The Morgan fingerprint density at radius 2 is 2.10 bits per heavy atom. The monoisotopic (exact) mass is 293 g/mol. The quantitative estimate of drug-likeness (QED) is 0.290. The number of hydrogen-bond acceptors (Lipinski definition) is 4. The lowest BCUT2D eigenvalue weighted by Crippen LogP contribution is -2.45.